The maximum absolute atomic E-state index is 13.8. The zero-order chi connectivity index (χ0) is 19.9. The molecule has 1 amide bonds. The van der Waals surface area contributed by atoms with E-state index in [1.165, 1.54) is 18.3 Å². The summed E-state index contributed by atoms with van der Waals surface area (Å²) in [5, 5.41) is 0.249. The second-order valence-electron chi connectivity index (χ2n) is 7.53. The number of hydrogen-bond donors (Lipinski definition) is 1. The average Bonchev–Trinajstić information content (AvgIpc) is 2.95. The Bertz CT molecular complexity index is 839. The van der Waals surface area contributed by atoms with E-state index >= 15 is 0 Å². The molecule has 4 rings (SSSR count). The second kappa shape index (κ2) is 7.62. The Morgan fingerprint density at radius 2 is 2.07 bits per heavy atom. The maximum atomic E-state index is 13.8. The van der Waals surface area contributed by atoms with Gasteiger partial charge in [0.25, 0.3) is 5.91 Å². The first kappa shape index (κ1) is 19.6. The molecule has 6 nitrogen and oxygen atoms in total. The van der Waals surface area contributed by atoms with Crippen molar-refractivity contribution < 1.29 is 18.3 Å². The molecule has 0 aliphatic carbocycles. The summed E-state index contributed by atoms with van der Waals surface area (Å²) in [5.41, 5.74) is 6.30. The van der Waals surface area contributed by atoms with E-state index in [0.717, 1.165) is 30.7 Å². The lowest BCUT2D eigenvalue weighted by atomic mass is 9.73. The molecular formula is C19H22F2N4O2S. The predicted molar refractivity (Wildman–Crippen MR) is 104 cm³/mol. The lowest BCUT2D eigenvalue weighted by molar-refractivity contribution is -0.123. The van der Waals surface area contributed by atoms with Crippen molar-refractivity contribution in [2.24, 2.45) is 21.1 Å². The standard InChI is InChI=1S/C19H22F2N4O2S/c1-11-16(22)19(10-27-11)5-7-25(8-6-19)17-18(26)24-14(9-23-17)28-13-4-2-3-12(20)15(13)21/h2-4,9,11,16-17H,5-8,10,22H2,1H3/t11-,16+,17?/m0/s1. The van der Waals surface area contributed by atoms with Crippen molar-refractivity contribution in [2.45, 2.75) is 43.0 Å². The van der Waals surface area contributed by atoms with Gasteiger partial charge in [-0.05, 0) is 31.9 Å². The Hall–Kier alpha value is -1.68. The van der Waals surface area contributed by atoms with Gasteiger partial charge in [0.05, 0.1) is 23.8 Å². The molecular weight excluding hydrogens is 386 g/mol. The molecule has 1 aromatic rings. The number of carbonyl (C=O) groups is 1. The van der Waals surface area contributed by atoms with Gasteiger partial charge in [-0.1, -0.05) is 17.8 Å². The molecule has 3 atom stereocenters. The summed E-state index contributed by atoms with van der Waals surface area (Å²) in [6.07, 6.45) is 2.52. The molecule has 0 saturated carbocycles. The molecule has 0 aromatic heterocycles. The molecule has 2 fully saturated rings. The Balaban J connectivity index is 1.39. The topological polar surface area (TPSA) is 80.3 Å². The van der Waals surface area contributed by atoms with Crippen LogP contribution in [-0.4, -0.2) is 60.1 Å². The molecule has 28 heavy (non-hydrogen) atoms. The number of amides is 1. The van der Waals surface area contributed by atoms with Gasteiger partial charge in [-0.15, -0.1) is 0 Å². The van der Waals surface area contributed by atoms with Crippen LogP contribution in [0, 0.1) is 17.0 Å². The van der Waals surface area contributed by atoms with Crippen molar-refractivity contribution in [1.29, 1.82) is 0 Å². The van der Waals surface area contributed by atoms with Gasteiger partial charge in [0.2, 0.25) is 0 Å². The predicted octanol–water partition coefficient (Wildman–Crippen LogP) is 2.22. The van der Waals surface area contributed by atoms with Gasteiger partial charge >= 0.3 is 0 Å². The molecule has 2 saturated heterocycles. The van der Waals surface area contributed by atoms with E-state index in [1.54, 1.807) is 0 Å². The number of nitrogens with zero attached hydrogens (tertiary/aromatic N) is 3. The summed E-state index contributed by atoms with van der Waals surface area (Å²) in [5.74, 6) is -2.28. The highest BCUT2D eigenvalue weighted by atomic mass is 32.2. The third kappa shape index (κ3) is 3.52. The third-order valence-electron chi connectivity index (χ3n) is 5.88. The van der Waals surface area contributed by atoms with Gasteiger partial charge in [0.1, 0.15) is 5.04 Å². The highest BCUT2D eigenvalue weighted by Crippen LogP contribution is 2.41. The lowest BCUT2D eigenvalue weighted by Crippen LogP contribution is -2.53. The fourth-order valence-electron chi connectivity index (χ4n) is 4.06. The number of likely N-dealkylation sites (tertiary alicyclic amines) is 1. The largest absolute Gasteiger partial charge is 0.376 e. The van der Waals surface area contributed by atoms with Gasteiger partial charge < -0.3 is 10.5 Å². The van der Waals surface area contributed by atoms with Crippen LogP contribution in [0.25, 0.3) is 0 Å². The molecule has 150 valence electrons. The number of carbonyl (C=O) groups excluding carboxylic acids is 1. The van der Waals surface area contributed by atoms with E-state index in [2.05, 4.69) is 9.98 Å². The van der Waals surface area contributed by atoms with E-state index < -0.39 is 23.7 Å². The molecule has 9 heteroatoms. The summed E-state index contributed by atoms with van der Waals surface area (Å²) < 4.78 is 32.9. The minimum atomic E-state index is -0.955. The normalized spacial score (nSPS) is 30.1. The zero-order valence-corrected chi connectivity index (χ0v) is 16.3. The number of hydrogen-bond acceptors (Lipinski definition) is 6. The van der Waals surface area contributed by atoms with Crippen molar-refractivity contribution in [3.05, 3.63) is 29.8 Å². The molecule has 1 unspecified atom stereocenters. The number of nitrogens with two attached hydrogens (primary N) is 1. The molecule has 1 aromatic carbocycles. The van der Waals surface area contributed by atoms with Crippen LogP contribution in [0.2, 0.25) is 0 Å². The first-order valence-corrected chi connectivity index (χ1v) is 10.1. The Morgan fingerprint density at radius 3 is 2.71 bits per heavy atom. The average molecular weight is 408 g/mol. The van der Waals surface area contributed by atoms with E-state index in [9.17, 15) is 13.6 Å². The summed E-state index contributed by atoms with van der Waals surface area (Å²) in [7, 11) is 0. The molecule has 0 radical (unpaired) electrons. The number of benzene rings is 1. The van der Waals surface area contributed by atoms with Crippen molar-refractivity contribution in [2.75, 3.05) is 19.7 Å². The highest BCUT2D eigenvalue weighted by Gasteiger charge is 2.48. The van der Waals surface area contributed by atoms with Crippen LogP contribution in [0.4, 0.5) is 8.78 Å². The Kier molecular flexibility index (Phi) is 5.34. The van der Waals surface area contributed by atoms with Crippen LogP contribution in [0.5, 0.6) is 0 Å². The molecule has 1 spiro atoms. The summed E-state index contributed by atoms with van der Waals surface area (Å²) in [6.45, 7) is 4.03. The van der Waals surface area contributed by atoms with Crippen LogP contribution in [0.15, 0.2) is 33.1 Å². The fourth-order valence-corrected chi connectivity index (χ4v) is 4.86. The number of rotatable bonds is 2. The quantitative estimate of drug-likeness (QED) is 0.812. The molecule has 3 heterocycles. The Morgan fingerprint density at radius 1 is 1.32 bits per heavy atom. The van der Waals surface area contributed by atoms with Crippen LogP contribution >= 0.6 is 11.8 Å². The van der Waals surface area contributed by atoms with E-state index in [0.29, 0.717) is 19.7 Å². The van der Waals surface area contributed by atoms with Gasteiger partial charge in [-0.25, -0.2) is 13.8 Å². The van der Waals surface area contributed by atoms with Crippen molar-refractivity contribution in [3.63, 3.8) is 0 Å². The molecule has 2 N–H and O–H groups in total. The van der Waals surface area contributed by atoms with Gasteiger partial charge in [0.15, 0.2) is 17.8 Å². The summed E-state index contributed by atoms with van der Waals surface area (Å²) >= 11 is 0.887. The van der Waals surface area contributed by atoms with Crippen LogP contribution < -0.4 is 5.73 Å². The summed E-state index contributed by atoms with van der Waals surface area (Å²) in [6, 6.07) is 3.90. The number of halogens is 2. The monoisotopic (exact) mass is 408 g/mol. The number of aliphatic imine (C=N–C) groups is 2. The third-order valence-corrected chi connectivity index (χ3v) is 6.83. The second-order valence-corrected chi connectivity index (χ2v) is 8.60. The first-order valence-electron chi connectivity index (χ1n) is 9.28. The number of ether oxygens (including phenoxy) is 1. The minimum absolute atomic E-state index is 0.00222. The van der Waals surface area contributed by atoms with Crippen LogP contribution in [0.3, 0.4) is 0 Å². The Labute approximate surface area is 166 Å². The van der Waals surface area contributed by atoms with Crippen molar-refractivity contribution >= 4 is 28.9 Å². The minimum Gasteiger partial charge on any atom is -0.376 e. The van der Waals surface area contributed by atoms with Crippen LogP contribution in [-0.2, 0) is 9.53 Å². The summed E-state index contributed by atoms with van der Waals surface area (Å²) in [4.78, 5) is 22.9. The van der Waals surface area contributed by atoms with Gasteiger partial charge in [-0.2, -0.15) is 0 Å². The first-order chi connectivity index (χ1) is 13.4. The van der Waals surface area contributed by atoms with E-state index in [-0.39, 0.29) is 27.5 Å². The molecule has 3 aliphatic heterocycles. The van der Waals surface area contributed by atoms with Crippen molar-refractivity contribution in [1.82, 2.24) is 4.90 Å². The zero-order valence-electron chi connectivity index (χ0n) is 15.5. The fraction of sp³-hybridized carbons (Fsp3) is 0.526. The molecule has 0 bridgehead atoms. The maximum Gasteiger partial charge on any atom is 0.286 e. The molecule has 3 aliphatic rings. The smallest absolute Gasteiger partial charge is 0.286 e. The number of piperidine rings is 1. The van der Waals surface area contributed by atoms with E-state index in [1.807, 2.05) is 11.8 Å². The lowest BCUT2D eigenvalue weighted by Gasteiger charge is -2.42. The number of thioether (sulfide) groups is 1. The van der Waals surface area contributed by atoms with Gasteiger partial charge in [0, 0.05) is 24.5 Å². The van der Waals surface area contributed by atoms with Gasteiger partial charge in [-0.3, -0.25) is 14.7 Å². The SMILES string of the molecule is C[C@@H]1OCC2(CCN(C3N=CC(Sc4cccc(F)c4F)=NC3=O)CC2)[C@@H]1N. The highest BCUT2D eigenvalue weighted by molar-refractivity contribution is 8.15. The van der Waals surface area contributed by atoms with E-state index in [4.69, 9.17) is 10.5 Å². The van der Waals surface area contributed by atoms with Crippen molar-refractivity contribution in [3.8, 4) is 0 Å². The van der Waals surface area contributed by atoms with Crippen LogP contribution in [0.1, 0.15) is 19.8 Å².